The van der Waals surface area contributed by atoms with Crippen LogP contribution in [-0.2, 0) is 23.1 Å². The van der Waals surface area contributed by atoms with E-state index in [9.17, 15) is 4.57 Å². The second-order valence-electron chi connectivity index (χ2n) is 6.25. The number of ether oxygens (including phenoxy) is 2. The lowest BCUT2D eigenvalue weighted by molar-refractivity contribution is -0.0161. The predicted octanol–water partition coefficient (Wildman–Crippen LogP) is 5.30. The Morgan fingerprint density at radius 3 is 2.19 bits per heavy atom. The molecule has 0 radical (unpaired) electrons. The maximum absolute atomic E-state index is 12.4. The normalized spacial score (nSPS) is 15.1. The summed E-state index contributed by atoms with van der Waals surface area (Å²) in [5, 5.41) is 3.48. The zero-order chi connectivity index (χ0) is 19.5. The van der Waals surface area contributed by atoms with E-state index < -0.39 is 7.75 Å². The lowest BCUT2D eigenvalue weighted by atomic mass is 10.2. The van der Waals surface area contributed by atoms with Crippen LogP contribution in [0, 0.1) is 0 Å². The van der Waals surface area contributed by atoms with Crippen molar-refractivity contribution in [3.8, 4) is 0 Å². The summed E-state index contributed by atoms with van der Waals surface area (Å²) >= 11 is 3.25. The fraction of sp³-hybridized carbons (Fsp3) is 1.00. The van der Waals surface area contributed by atoms with Gasteiger partial charge >= 0.3 is 7.75 Å². The van der Waals surface area contributed by atoms with Gasteiger partial charge in [0.2, 0.25) is 0 Å². The summed E-state index contributed by atoms with van der Waals surface area (Å²) in [7, 11) is -1.91. The second kappa shape index (κ2) is 18.9. The minimum Gasteiger partial charge on any atom is -0.379 e. The maximum Gasteiger partial charge on any atom is 0.405 e. The van der Waals surface area contributed by atoms with Gasteiger partial charge in [-0.05, 0) is 12.8 Å². The molecule has 0 aromatic rings. The molecule has 0 rings (SSSR count). The fourth-order valence-corrected chi connectivity index (χ4v) is 3.82. The van der Waals surface area contributed by atoms with E-state index in [0.717, 1.165) is 19.4 Å². The molecular formula is C18H39BrNO5P. The quantitative estimate of drug-likeness (QED) is 0.151. The van der Waals surface area contributed by atoms with Crippen LogP contribution in [0.2, 0.25) is 0 Å². The monoisotopic (exact) mass is 459 g/mol. The number of nitrogens with one attached hydrogen (secondary N) is 1. The minimum absolute atomic E-state index is 0.168. The summed E-state index contributed by atoms with van der Waals surface area (Å²) in [6.45, 7) is 6.97. The molecule has 0 aromatic heterocycles. The molecule has 0 aliphatic carbocycles. The van der Waals surface area contributed by atoms with Crippen molar-refractivity contribution < 1.29 is 23.1 Å². The van der Waals surface area contributed by atoms with Gasteiger partial charge in [-0.25, -0.2) is 9.65 Å². The third kappa shape index (κ3) is 15.6. The first-order chi connectivity index (χ1) is 12.6. The summed E-state index contributed by atoms with van der Waals surface area (Å²) in [6, 6.07) is 0. The lowest BCUT2D eigenvalue weighted by Gasteiger charge is -2.22. The van der Waals surface area contributed by atoms with Gasteiger partial charge in [-0.15, -0.1) is 0 Å². The molecule has 1 N–H and O–H groups in total. The molecule has 0 aliphatic rings. The highest BCUT2D eigenvalue weighted by atomic mass is 79.9. The van der Waals surface area contributed by atoms with Crippen LogP contribution in [0.5, 0.6) is 0 Å². The van der Waals surface area contributed by atoms with E-state index >= 15 is 0 Å². The van der Waals surface area contributed by atoms with Crippen LogP contribution in [0.3, 0.4) is 0 Å². The molecule has 0 saturated carbocycles. The highest BCUT2D eigenvalue weighted by Gasteiger charge is 2.24. The van der Waals surface area contributed by atoms with Crippen molar-refractivity contribution in [2.24, 2.45) is 0 Å². The fourth-order valence-electron chi connectivity index (χ4n) is 2.32. The highest BCUT2D eigenvalue weighted by molar-refractivity contribution is 9.09. The Morgan fingerprint density at radius 1 is 0.962 bits per heavy atom. The number of alkyl halides is 1. The van der Waals surface area contributed by atoms with Crippen molar-refractivity contribution >= 4 is 23.7 Å². The van der Waals surface area contributed by atoms with Crippen molar-refractivity contribution in [1.29, 1.82) is 0 Å². The van der Waals surface area contributed by atoms with Gasteiger partial charge in [0.25, 0.3) is 0 Å². The summed E-state index contributed by atoms with van der Waals surface area (Å²) in [4.78, 5) is 0. The standard InChI is InChI=1S/C18H39BrNO5P/c1-4-6-8-10-13-23-17-18(24-14-11-9-7-5-2)16-20-26(21,22-3)25-15-12-19/h18H,4-17H2,1-3H3,(H,20,21)/t18-,26?/m0/s1. The first-order valence-corrected chi connectivity index (χ1v) is 12.6. The van der Waals surface area contributed by atoms with Crippen LogP contribution in [0.1, 0.15) is 65.2 Å². The maximum atomic E-state index is 12.4. The van der Waals surface area contributed by atoms with E-state index in [1.807, 2.05) is 0 Å². The third-order valence-corrected chi connectivity index (χ3v) is 5.79. The topological polar surface area (TPSA) is 66.0 Å². The van der Waals surface area contributed by atoms with Crippen LogP contribution >= 0.6 is 23.7 Å². The molecule has 2 atom stereocenters. The van der Waals surface area contributed by atoms with E-state index in [1.54, 1.807) is 0 Å². The largest absolute Gasteiger partial charge is 0.405 e. The van der Waals surface area contributed by atoms with Gasteiger partial charge in [0.15, 0.2) is 0 Å². The smallest absolute Gasteiger partial charge is 0.379 e. The molecule has 8 heteroatoms. The van der Waals surface area contributed by atoms with Gasteiger partial charge < -0.3 is 14.0 Å². The molecule has 26 heavy (non-hydrogen) atoms. The molecular weight excluding hydrogens is 421 g/mol. The zero-order valence-electron chi connectivity index (χ0n) is 16.8. The molecule has 158 valence electrons. The van der Waals surface area contributed by atoms with E-state index in [-0.39, 0.29) is 6.10 Å². The highest BCUT2D eigenvalue weighted by Crippen LogP contribution is 2.42. The SMILES string of the molecule is CCCCCCOC[C@H](CNP(=O)(OC)OCCBr)OCCCCCC. The summed E-state index contributed by atoms with van der Waals surface area (Å²) in [5.41, 5.74) is 0. The Bertz CT molecular complexity index is 350. The molecule has 1 unspecified atom stereocenters. The first-order valence-electron chi connectivity index (χ1n) is 9.92. The number of unbranched alkanes of at least 4 members (excludes halogenated alkanes) is 6. The number of hydrogen-bond donors (Lipinski definition) is 1. The van der Waals surface area contributed by atoms with Crippen molar-refractivity contribution in [3.05, 3.63) is 0 Å². The number of hydrogen-bond acceptors (Lipinski definition) is 5. The Morgan fingerprint density at radius 2 is 1.62 bits per heavy atom. The molecule has 6 nitrogen and oxygen atoms in total. The molecule has 0 aliphatic heterocycles. The Balaban J connectivity index is 4.25. The Hall–Kier alpha value is 0.510. The first kappa shape index (κ1) is 26.5. The Labute approximate surface area is 168 Å². The number of halogens is 1. The minimum atomic E-state index is -3.29. The summed E-state index contributed by atoms with van der Waals surface area (Å²) in [5.74, 6) is 0. The van der Waals surface area contributed by atoms with E-state index in [1.165, 1.54) is 45.6 Å². The van der Waals surface area contributed by atoms with E-state index in [4.69, 9.17) is 18.5 Å². The molecule has 0 saturated heterocycles. The van der Waals surface area contributed by atoms with Gasteiger partial charge in [-0.3, -0.25) is 4.52 Å². The molecule has 0 amide bonds. The predicted molar refractivity (Wildman–Crippen MR) is 111 cm³/mol. The molecule has 0 aromatic carbocycles. The van der Waals surface area contributed by atoms with Gasteiger partial charge in [-0.1, -0.05) is 68.3 Å². The van der Waals surface area contributed by atoms with Crippen LogP contribution in [0.4, 0.5) is 0 Å². The third-order valence-electron chi connectivity index (χ3n) is 3.89. The zero-order valence-corrected chi connectivity index (χ0v) is 19.3. The van der Waals surface area contributed by atoms with Crippen molar-refractivity contribution in [2.45, 2.75) is 71.3 Å². The molecule has 0 spiro atoms. The van der Waals surface area contributed by atoms with Crippen LogP contribution in [-0.4, -0.2) is 51.5 Å². The summed E-state index contributed by atoms with van der Waals surface area (Å²) < 4.78 is 34.4. The summed E-state index contributed by atoms with van der Waals surface area (Å²) in [6.07, 6.45) is 9.17. The van der Waals surface area contributed by atoms with Crippen molar-refractivity contribution in [2.75, 3.05) is 45.4 Å². The second-order valence-corrected chi connectivity index (χ2v) is 8.98. The molecule has 0 heterocycles. The van der Waals surface area contributed by atoms with Crippen LogP contribution in [0.25, 0.3) is 0 Å². The van der Waals surface area contributed by atoms with Crippen molar-refractivity contribution in [1.82, 2.24) is 5.09 Å². The average molecular weight is 460 g/mol. The van der Waals surface area contributed by atoms with Gasteiger partial charge in [0.1, 0.15) is 0 Å². The van der Waals surface area contributed by atoms with Crippen LogP contribution in [0.15, 0.2) is 0 Å². The average Bonchev–Trinajstić information content (AvgIpc) is 2.66. The van der Waals surface area contributed by atoms with Gasteiger partial charge in [-0.2, -0.15) is 0 Å². The molecule has 0 bridgehead atoms. The van der Waals surface area contributed by atoms with Crippen LogP contribution < -0.4 is 5.09 Å². The van der Waals surface area contributed by atoms with E-state index in [0.29, 0.717) is 31.7 Å². The molecule has 0 fully saturated rings. The number of rotatable bonds is 20. The van der Waals surface area contributed by atoms with Gasteiger partial charge in [0, 0.05) is 32.2 Å². The lowest BCUT2D eigenvalue weighted by Crippen LogP contribution is -2.33. The van der Waals surface area contributed by atoms with E-state index in [2.05, 4.69) is 34.9 Å². The van der Waals surface area contributed by atoms with Gasteiger partial charge in [0.05, 0.1) is 19.3 Å². The Kier molecular flexibility index (Phi) is 19.2. The van der Waals surface area contributed by atoms with Crippen molar-refractivity contribution in [3.63, 3.8) is 0 Å².